The van der Waals surface area contributed by atoms with Crippen molar-refractivity contribution in [1.82, 2.24) is 5.32 Å². The second-order valence-corrected chi connectivity index (χ2v) is 7.60. The first kappa shape index (κ1) is 16.4. The Hall–Kier alpha value is -1.02. The van der Waals surface area contributed by atoms with E-state index in [4.69, 9.17) is 0 Å². The first-order valence-corrected chi connectivity index (χ1v) is 8.47. The van der Waals surface area contributed by atoms with Gasteiger partial charge in [0.1, 0.15) is 0 Å². The maximum atomic E-state index is 3.48. The topological polar surface area (TPSA) is 15.3 Å². The molecule has 0 spiro atoms. The van der Waals surface area contributed by atoms with E-state index in [2.05, 4.69) is 63.0 Å². The van der Waals surface area contributed by atoms with E-state index >= 15 is 0 Å². The summed E-state index contributed by atoms with van der Waals surface area (Å²) in [6.07, 6.45) is 2.52. The average Bonchev–Trinajstić information content (AvgIpc) is 2.88. The lowest BCUT2D eigenvalue weighted by Gasteiger charge is -2.28. The Kier molecular flexibility index (Phi) is 5.32. The Labute approximate surface area is 130 Å². The van der Waals surface area contributed by atoms with Crippen molar-refractivity contribution in [2.24, 2.45) is 11.3 Å². The van der Waals surface area contributed by atoms with Crippen LogP contribution in [0, 0.1) is 18.3 Å². The summed E-state index contributed by atoms with van der Waals surface area (Å²) in [7, 11) is 0. The summed E-state index contributed by atoms with van der Waals surface area (Å²) in [5.74, 6) is 0.808. The summed E-state index contributed by atoms with van der Waals surface area (Å²) < 4.78 is 0. The van der Waals surface area contributed by atoms with Gasteiger partial charge in [0.15, 0.2) is 0 Å². The first-order valence-electron chi connectivity index (χ1n) is 8.47. The van der Waals surface area contributed by atoms with Crippen molar-refractivity contribution in [2.45, 2.75) is 54.0 Å². The fourth-order valence-electron chi connectivity index (χ4n) is 3.28. The third kappa shape index (κ3) is 4.23. The molecule has 0 saturated carbocycles. The predicted molar refractivity (Wildman–Crippen MR) is 93.0 cm³/mol. The largest absolute Gasteiger partial charge is 0.371 e. The van der Waals surface area contributed by atoms with Crippen LogP contribution in [0.15, 0.2) is 18.2 Å². The Bertz CT molecular complexity index is 459. The van der Waals surface area contributed by atoms with Crippen LogP contribution in [0.5, 0.6) is 0 Å². The number of benzene rings is 1. The number of nitrogens with one attached hydrogen (secondary N) is 1. The number of hydrogen-bond donors (Lipinski definition) is 1. The predicted octanol–water partition coefficient (Wildman–Crippen LogP) is 4.37. The maximum Gasteiger partial charge on any atom is 0.0396 e. The summed E-state index contributed by atoms with van der Waals surface area (Å²) in [4.78, 5) is 2.58. The van der Waals surface area contributed by atoms with E-state index in [1.807, 2.05) is 0 Å². The Morgan fingerprint density at radius 3 is 2.62 bits per heavy atom. The highest BCUT2D eigenvalue weighted by atomic mass is 15.2. The first-order chi connectivity index (χ1) is 9.91. The highest BCUT2D eigenvalue weighted by molar-refractivity contribution is 5.55. The highest BCUT2D eigenvalue weighted by Crippen LogP contribution is 2.36. The van der Waals surface area contributed by atoms with E-state index in [-0.39, 0.29) is 0 Å². The van der Waals surface area contributed by atoms with Gasteiger partial charge in [0.05, 0.1) is 0 Å². The normalized spacial score (nSPS) is 19.3. The fraction of sp³-hybridized carbons (Fsp3) is 0.684. The minimum Gasteiger partial charge on any atom is -0.371 e. The van der Waals surface area contributed by atoms with E-state index in [0.29, 0.717) is 5.41 Å². The average molecular weight is 288 g/mol. The molecule has 118 valence electrons. The van der Waals surface area contributed by atoms with Gasteiger partial charge in [0.25, 0.3) is 0 Å². The van der Waals surface area contributed by atoms with Crippen molar-refractivity contribution in [3.05, 3.63) is 29.3 Å². The van der Waals surface area contributed by atoms with Crippen LogP contribution in [0.25, 0.3) is 0 Å². The van der Waals surface area contributed by atoms with Crippen LogP contribution < -0.4 is 10.2 Å². The lowest BCUT2D eigenvalue weighted by atomic mass is 9.80. The SMILES string of the molecule is CCCNCc1ccc(N2CCC(C(C)(C)C)C2)c(C)c1. The van der Waals surface area contributed by atoms with Crippen LogP contribution in [0.2, 0.25) is 0 Å². The van der Waals surface area contributed by atoms with Crippen molar-refractivity contribution >= 4 is 5.69 Å². The van der Waals surface area contributed by atoms with Gasteiger partial charge in [0.2, 0.25) is 0 Å². The van der Waals surface area contributed by atoms with Gasteiger partial charge >= 0.3 is 0 Å². The Balaban J connectivity index is 2.01. The molecule has 1 fully saturated rings. The van der Waals surface area contributed by atoms with Crippen molar-refractivity contribution < 1.29 is 0 Å². The van der Waals surface area contributed by atoms with Crippen LogP contribution in [-0.2, 0) is 6.54 Å². The highest BCUT2D eigenvalue weighted by Gasteiger charge is 2.32. The quantitative estimate of drug-likeness (QED) is 0.810. The molecule has 1 aliphatic heterocycles. The number of hydrogen-bond acceptors (Lipinski definition) is 2. The Morgan fingerprint density at radius 2 is 2.05 bits per heavy atom. The number of nitrogens with zero attached hydrogens (tertiary/aromatic N) is 1. The summed E-state index contributed by atoms with van der Waals surface area (Å²) in [5, 5.41) is 3.48. The number of rotatable bonds is 5. The number of anilines is 1. The van der Waals surface area contributed by atoms with Gasteiger partial charge in [-0.2, -0.15) is 0 Å². The Morgan fingerprint density at radius 1 is 1.29 bits per heavy atom. The second-order valence-electron chi connectivity index (χ2n) is 7.60. The van der Waals surface area contributed by atoms with Gasteiger partial charge in [-0.05, 0) is 54.8 Å². The molecule has 1 aromatic carbocycles. The summed E-state index contributed by atoms with van der Waals surface area (Å²) in [6, 6.07) is 6.96. The van der Waals surface area contributed by atoms with Crippen molar-refractivity contribution in [3.8, 4) is 0 Å². The molecular weight excluding hydrogens is 256 g/mol. The van der Waals surface area contributed by atoms with E-state index in [0.717, 1.165) is 19.0 Å². The fourth-order valence-corrected chi connectivity index (χ4v) is 3.28. The molecule has 1 heterocycles. The standard InChI is InChI=1S/C19H32N2/c1-6-10-20-13-16-7-8-18(15(2)12-16)21-11-9-17(14-21)19(3,4)5/h7-8,12,17,20H,6,9-11,13-14H2,1-5H3. The monoisotopic (exact) mass is 288 g/mol. The van der Waals surface area contributed by atoms with Crippen LogP contribution in [-0.4, -0.2) is 19.6 Å². The van der Waals surface area contributed by atoms with Gasteiger partial charge in [0, 0.05) is 25.3 Å². The molecule has 2 nitrogen and oxygen atoms in total. The van der Waals surface area contributed by atoms with Crippen LogP contribution in [0.1, 0.15) is 51.7 Å². The van der Waals surface area contributed by atoms with Crippen molar-refractivity contribution in [2.75, 3.05) is 24.5 Å². The molecule has 0 aliphatic carbocycles. The van der Waals surface area contributed by atoms with Gasteiger partial charge in [-0.3, -0.25) is 0 Å². The summed E-state index contributed by atoms with van der Waals surface area (Å²) >= 11 is 0. The van der Waals surface area contributed by atoms with Crippen molar-refractivity contribution in [3.63, 3.8) is 0 Å². The van der Waals surface area contributed by atoms with Crippen molar-refractivity contribution in [1.29, 1.82) is 0 Å². The molecular formula is C19H32N2. The van der Waals surface area contributed by atoms with Gasteiger partial charge in [-0.15, -0.1) is 0 Å². The van der Waals surface area contributed by atoms with Gasteiger partial charge in [-0.1, -0.05) is 39.8 Å². The molecule has 0 bridgehead atoms. The van der Waals surface area contributed by atoms with Crippen LogP contribution >= 0.6 is 0 Å². The van der Waals surface area contributed by atoms with E-state index in [1.54, 1.807) is 0 Å². The second kappa shape index (κ2) is 6.83. The van der Waals surface area contributed by atoms with Crippen LogP contribution in [0.4, 0.5) is 5.69 Å². The molecule has 1 N–H and O–H groups in total. The molecule has 1 atom stereocenters. The molecule has 0 aromatic heterocycles. The summed E-state index contributed by atoms with van der Waals surface area (Å²) in [6.45, 7) is 16.1. The molecule has 2 heteroatoms. The van der Waals surface area contributed by atoms with E-state index in [9.17, 15) is 0 Å². The van der Waals surface area contributed by atoms with Gasteiger partial charge < -0.3 is 10.2 Å². The zero-order valence-corrected chi connectivity index (χ0v) is 14.5. The minimum atomic E-state index is 0.423. The minimum absolute atomic E-state index is 0.423. The van der Waals surface area contributed by atoms with E-state index < -0.39 is 0 Å². The molecule has 1 unspecified atom stereocenters. The maximum absolute atomic E-state index is 3.48. The zero-order valence-electron chi connectivity index (χ0n) is 14.5. The van der Waals surface area contributed by atoms with Crippen LogP contribution in [0.3, 0.4) is 0 Å². The molecule has 1 saturated heterocycles. The molecule has 21 heavy (non-hydrogen) atoms. The van der Waals surface area contributed by atoms with E-state index in [1.165, 1.54) is 42.7 Å². The zero-order chi connectivity index (χ0) is 15.5. The third-order valence-electron chi connectivity index (χ3n) is 4.77. The molecule has 2 rings (SSSR count). The lowest BCUT2D eigenvalue weighted by molar-refractivity contribution is 0.263. The lowest BCUT2D eigenvalue weighted by Crippen LogP contribution is -2.26. The third-order valence-corrected chi connectivity index (χ3v) is 4.77. The summed E-state index contributed by atoms with van der Waals surface area (Å²) in [5.41, 5.74) is 4.67. The molecule has 1 aromatic rings. The molecule has 0 amide bonds. The van der Waals surface area contributed by atoms with Gasteiger partial charge in [-0.25, -0.2) is 0 Å². The smallest absolute Gasteiger partial charge is 0.0396 e. The molecule has 1 aliphatic rings. The molecule has 0 radical (unpaired) electrons. The number of aryl methyl sites for hydroxylation is 1.